The molecule has 0 saturated heterocycles. The SMILES string of the molecule is CC(CNC(=O)c1ccc2nc(Cl)ccc2c1)N(C)c1ccccc1. The molecule has 2 aromatic carbocycles. The van der Waals surface area contributed by atoms with Crippen LogP contribution in [0, 0.1) is 0 Å². The number of likely N-dealkylation sites (N-methyl/N-ethyl adjacent to an activating group) is 1. The fourth-order valence-electron chi connectivity index (χ4n) is 2.64. The number of amides is 1. The van der Waals surface area contributed by atoms with Crippen molar-refractivity contribution in [3.63, 3.8) is 0 Å². The van der Waals surface area contributed by atoms with Gasteiger partial charge >= 0.3 is 0 Å². The van der Waals surface area contributed by atoms with E-state index in [9.17, 15) is 4.79 Å². The number of fused-ring (bicyclic) bond motifs is 1. The molecule has 0 spiro atoms. The third-order valence-corrected chi connectivity index (χ3v) is 4.51. The van der Waals surface area contributed by atoms with Crippen LogP contribution in [0.5, 0.6) is 0 Å². The summed E-state index contributed by atoms with van der Waals surface area (Å²) in [7, 11) is 2.03. The number of benzene rings is 2. The first-order valence-electron chi connectivity index (χ1n) is 8.17. The van der Waals surface area contributed by atoms with E-state index in [-0.39, 0.29) is 11.9 Å². The van der Waals surface area contributed by atoms with Crippen LogP contribution in [0.1, 0.15) is 17.3 Å². The fourth-order valence-corrected chi connectivity index (χ4v) is 2.79. The van der Waals surface area contributed by atoms with Crippen LogP contribution in [0.15, 0.2) is 60.7 Å². The molecule has 1 unspecified atom stereocenters. The molecule has 0 radical (unpaired) electrons. The molecule has 1 aromatic heterocycles. The van der Waals surface area contributed by atoms with Crippen molar-refractivity contribution >= 4 is 34.1 Å². The van der Waals surface area contributed by atoms with Gasteiger partial charge < -0.3 is 10.2 Å². The summed E-state index contributed by atoms with van der Waals surface area (Å²) in [6.45, 7) is 2.64. The highest BCUT2D eigenvalue weighted by Gasteiger charge is 2.12. The summed E-state index contributed by atoms with van der Waals surface area (Å²) in [6, 6.07) is 19.3. The largest absolute Gasteiger partial charge is 0.370 e. The summed E-state index contributed by atoms with van der Waals surface area (Å²) < 4.78 is 0. The van der Waals surface area contributed by atoms with Gasteiger partial charge in [0.1, 0.15) is 5.15 Å². The number of rotatable bonds is 5. The number of nitrogens with one attached hydrogen (secondary N) is 1. The zero-order valence-electron chi connectivity index (χ0n) is 14.2. The molecule has 4 nitrogen and oxygen atoms in total. The summed E-state index contributed by atoms with van der Waals surface area (Å²) >= 11 is 5.89. The van der Waals surface area contributed by atoms with Gasteiger partial charge in [0.25, 0.3) is 5.91 Å². The van der Waals surface area contributed by atoms with E-state index in [0.29, 0.717) is 17.3 Å². The number of hydrogen-bond donors (Lipinski definition) is 1. The molecular formula is C20H20ClN3O. The standard InChI is InChI=1S/C20H20ClN3O/c1-14(24(2)17-6-4-3-5-7-17)13-22-20(25)16-8-10-18-15(12-16)9-11-19(21)23-18/h3-12,14H,13H2,1-2H3,(H,22,25). The number of anilines is 1. The molecule has 0 fully saturated rings. The normalized spacial score (nSPS) is 12.0. The van der Waals surface area contributed by atoms with Gasteiger partial charge in [-0.25, -0.2) is 4.98 Å². The number of halogens is 1. The van der Waals surface area contributed by atoms with Crippen LogP contribution in [-0.2, 0) is 0 Å². The summed E-state index contributed by atoms with van der Waals surface area (Å²) in [6.07, 6.45) is 0. The van der Waals surface area contributed by atoms with Gasteiger partial charge in [-0.05, 0) is 49.4 Å². The van der Waals surface area contributed by atoms with E-state index in [4.69, 9.17) is 11.6 Å². The lowest BCUT2D eigenvalue weighted by molar-refractivity contribution is 0.0952. The lowest BCUT2D eigenvalue weighted by Gasteiger charge is -2.27. The van der Waals surface area contributed by atoms with Crippen LogP contribution in [0.25, 0.3) is 10.9 Å². The van der Waals surface area contributed by atoms with E-state index in [1.54, 1.807) is 12.1 Å². The van der Waals surface area contributed by atoms with Crippen LogP contribution in [0.4, 0.5) is 5.69 Å². The zero-order chi connectivity index (χ0) is 17.8. The molecule has 0 bridgehead atoms. The van der Waals surface area contributed by atoms with Crippen molar-refractivity contribution in [2.75, 3.05) is 18.5 Å². The molecule has 128 valence electrons. The Morgan fingerprint density at radius 3 is 2.68 bits per heavy atom. The molecule has 25 heavy (non-hydrogen) atoms. The van der Waals surface area contributed by atoms with Crippen molar-refractivity contribution in [3.8, 4) is 0 Å². The average Bonchev–Trinajstić information content (AvgIpc) is 2.65. The van der Waals surface area contributed by atoms with Gasteiger partial charge in [-0.3, -0.25) is 4.79 Å². The summed E-state index contributed by atoms with van der Waals surface area (Å²) in [5.74, 6) is -0.0924. The van der Waals surface area contributed by atoms with Crippen molar-refractivity contribution in [3.05, 3.63) is 71.4 Å². The third-order valence-electron chi connectivity index (χ3n) is 4.30. The van der Waals surface area contributed by atoms with Crippen LogP contribution in [0.3, 0.4) is 0 Å². The minimum absolute atomic E-state index is 0.0924. The van der Waals surface area contributed by atoms with Crippen LogP contribution in [0.2, 0.25) is 5.15 Å². The van der Waals surface area contributed by atoms with Crippen molar-refractivity contribution in [2.24, 2.45) is 0 Å². The number of carbonyl (C=O) groups is 1. The van der Waals surface area contributed by atoms with Crippen molar-refractivity contribution in [1.29, 1.82) is 0 Å². The van der Waals surface area contributed by atoms with Crippen molar-refractivity contribution < 1.29 is 4.79 Å². The smallest absolute Gasteiger partial charge is 0.251 e. The highest BCUT2D eigenvalue weighted by Crippen LogP contribution is 2.17. The van der Waals surface area contributed by atoms with Crippen LogP contribution in [-0.4, -0.2) is 30.5 Å². The van der Waals surface area contributed by atoms with E-state index in [1.807, 2.05) is 43.4 Å². The first kappa shape index (κ1) is 17.2. The Labute approximate surface area is 152 Å². The molecule has 1 amide bonds. The van der Waals surface area contributed by atoms with Gasteiger partial charge in [-0.15, -0.1) is 0 Å². The molecule has 1 heterocycles. The molecule has 3 aromatic rings. The van der Waals surface area contributed by atoms with Gasteiger partial charge in [-0.1, -0.05) is 29.8 Å². The number of aromatic nitrogens is 1. The Hall–Kier alpha value is -2.59. The Balaban J connectivity index is 1.65. The predicted molar refractivity (Wildman–Crippen MR) is 103 cm³/mol. The highest BCUT2D eigenvalue weighted by atomic mass is 35.5. The Morgan fingerprint density at radius 2 is 1.92 bits per heavy atom. The number of hydrogen-bond acceptors (Lipinski definition) is 3. The maximum absolute atomic E-state index is 12.4. The summed E-state index contributed by atoms with van der Waals surface area (Å²) in [5.41, 5.74) is 2.52. The number of para-hydroxylation sites is 1. The van der Waals surface area contributed by atoms with Gasteiger partial charge in [0.15, 0.2) is 0 Å². The molecule has 1 atom stereocenters. The average molecular weight is 354 g/mol. The Kier molecular flexibility index (Phi) is 5.19. The fraction of sp³-hybridized carbons (Fsp3) is 0.200. The lowest BCUT2D eigenvalue weighted by atomic mass is 10.1. The van der Waals surface area contributed by atoms with E-state index < -0.39 is 0 Å². The second-order valence-electron chi connectivity index (χ2n) is 6.05. The van der Waals surface area contributed by atoms with Gasteiger partial charge in [0, 0.05) is 36.3 Å². The van der Waals surface area contributed by atoms with E-state index in [1.165, 1.54) is 0 Å². The number of nitrogens with zero attached hydrogens (tertiary/aromatic N) is 2. The first-order chi connectivity index (χ1) is 12.0. The van der Waals surface area contributed by atoms with Crippen molar-refractivity contribution in [1.82, 2.24) is 10.3 Å². The van der Waals surface area contributed by atoms with E-state index in [0.717, 1.165) is 16.6 Å². The highest BCUT2D eigenvalue weighted by molar-refractivity contribution is 6.29. The topological polar surface area (TPSA) is 45.2 Å². The van der Waals surface area contributed by atoms with Gasteiger partial charge in [0.05, 0.1) is 5.52 Å². The summed E-state index contributed by atoms with van der Waals surface area (Å²) in [5, 5.41) is 4.34. The Bertz CT molecular complexity index is 883. The molecule has 0 saturated carbocycles. The number of pyridine rings is 1. The van der Waals surface area contributed by atoms with Crippen LogP contribution >= 0.6 is 11.6 Å². The Morgan fingerprint density at radius 1 is 1.16 bits per heavy atom. The number of carbonyl (C=O) groups excluding carboxylic acids is 1. The monoisotopic (exact) mass is 353 g/mol. The molecule has 0 aliphatic carbocycles. The molecular weight excluding hydrogens is 334 g/mol. The predicted octanol–water partition coefficient (Wildman–Crippen LogP) is 4.14. The second-order valence-corrected chi connectivity index (χ2v) is 6.43. The molecule has 3 rings (SSSR count). The molecule has 0 aliphatic rings. The zero-order valence-corrected chi connectivity index (χ0v) is 15.0. The molecule has 1 N–H and O–H groups in total. The maximum atomic E-state index is 12.4. The first-order valence-corrected chi connectivity index (χ1v) is 8.55. The molecule has 5 heteroatoms. The van der Waals surface area contributed by atoms with Gasteiger partial charge in [0.2, 0.25) is 0 Å². The summed E-state index contributed by atoms with van der Waals surface area (Å²) in [4.78, 5) is 18.8. The third kappa shape index (κ3) is 4.09. The van der Waals surface area contributed by atoms with Crippen molar-refractivity contribution in [2.45, 2.75) is 13.0 Å². The van der Waals surface area contributed by atoms with E-state index in [2.05, 4.69) is 34.3 Å². The van der Waals surface area contributed by atoms with E-state index >= 15 is 0 Å². The minimum atomic E-state index is -0.0924. The minimum Gasteiger partial charge on any atom is -0.370 e. The van der Waals surface area contributed by atoms with Crippen LogP contribution < -0.4 is 10.2 Å². The lowest BCUT2D eigenvalue weighted by Crippen LogP contribution is -2.40. The molecule has 0 aliphatic heterocycles. The quantitative estimate of drug-likeness (QED) is 0.701. The maximum Gasteiger partial charge on any atom is 0.251 e. The van der Waals surface area contributed by atoms with Gasteiger partial charge in [-0.2, -0.15) is 0 Å². The second kappa shape index (κ2) is 7.53.